The molecule has 0 aliphatic rings. The van der Waals surface area contributed by atoms with E-state index in [0.717, 1.165) is 28.2 Å². The Labute approximate surface area is 112 Å². The van der Waals surface area contributed by atoms with Crippen molar-refractivity contribution in [2.24, 2.45) is 5.84 Å². The van der Waals surface area contributed by atoms with Gasteiger partial charge < -0.3 is 4.42 Å². The SMILES string of the molecule is Cc1oc(C)c(C(NN)c2cccc(Cl)c2)c1C. The lowest BCUT2D eigenvalue weighted by Gasteiger charge is -2.17. The van der Waals surface area contributed by atoms with Crippen LogP contribution in [-0.4, -0.2) is 0 Å². The molecule has 1 aromatic carbocycles. The zero-order valence-corrected chi connectivity index (χ0v) is 11.5. The molecule has 1 unspecified atom stereocenters. The van der Waals surface area contributed by atoms with Gasteiger partial charge in [0.1, 0.15) is 11.5 Å². The highest BCUT2D eigenvalue weighted by Gasteiger charge is 2.21. The van der Waals surface area contributed by atoms with Crippen LogP contribution in [0.4, 0.5) is 0 Å². The van der Waals surface area contributed by atoms with E-state index in [-0.39, 0.29) is 6.04 Å². The van der Waals surface area contributed by atoms with Gasteiger partial charge in [-0.3, -0.25) is 5.84 Å². The fourth-order valence-corrected chi connectivity index (χ4v) is 2.47. The lowest BCUT2D eigenvalue weighted by Crippen LogP contribution is -2.29. The van der Waals surface area contributed by atoms with Crippen LogP contribution in [0.2, 0.25) is 5.02 Å². The van der Waals surface area contributed by atoms with Gasteiger partial charge in [0.15, 0.2) is 0 Å². The zero-order valence-electron chi connectivity index (χ0n) is 10.8. The maximum atomic E-state index is 6.03. The molecule has 0 aliphatic carbocycles. The Kier molecular flexibility index (Phi) is 3.76. The monoisotopic (exact) mass is 264 g/mol. The summed E-state index contributed by atoms with van der Waals surface area (Å²) in [4.78, 5) is 0. The second kappa shape index (κ2) is 5.14. The van der Waals surface area contributed by atoms with Gasteiger partial charge >= 0.3 is 0 Å². The van der Waals surface area contributed by atoms with E-state index in [9.17, 15) is 0 Å². The fourth-order valence-electron chi connectivity index (χ4n) is 2.27. The highest BCUT2D eigenvalue weighted by molar-refractivity contribution is 6.30. The van der Waals surface area contributed by atoms with Crippen molar-refractivity contribution >= 4 is 11.6 Å². The summed E-state index contributed by atoms with van der Waals surface area (Å²) in [6.07, 6.45) is 0. The van der Waals surface area contributed by atoms with Crippen molar-refractivity contribution in [2.45, 2.75) is 26.8 Å². The molecule has 0 fully saturated rings. The Balaban J connectivity index is 2.52. The first-order chi connectivity index (χ1) is 8.54. The highest BCUT2D eigenvalue weighted by atomic mass is 35.5. The number of hydrogen-bond donors (Lipinski definition) is 2. The van der Waals surface area contributed by atoms with Crippen LogP contribution in [0.25, 0.3) is 0 Å². The van der Waals surface area contributed by atoms with E-state index in [0.29, 0.717) is 5.02 Å². The van der Waals surface area contributed by atoms with Gasteiger partial charge in [-0.15, -0.1) is 0 Å². The normalized spacial score (nSPS) is 12.7. The Bertz CT molecular complexity index is 563. The molecule has 1 aromatic heterocycles. The predicted molar refractivity (Wildman–Crippen MR) is 73.5 cm³/mol. The molecule has 0 saturated carbocycles. The molecule has 0 radical (unpaired) electrons. The molecule has 0 aliphatic heterocycles. The topological polar surface area (TPSA) is 51.2 Å². The minimum atomic E-state index is -0.110. The molecule has 0 saturated heterocycles. The van der Waals surface area contributed by atoms with Crippen molar-refractivity contribution in [2.75, 3.05) is 0 Å². The first kappa shape index (κ1) is 13.1. The predicted octanol–water partition coefficient (Wildman–Crippen LogP) is 3.41. The van der Waals surface area contributed by atoms with Crippen LogP contribution in [0.3, 0.4) is 0 Å². The third kappa shape index (κ3) is 2.29. The van der Waals surface area contributed by atoms with Gasteiger partial charge in [0.05, 0.1) is 6.04 Å². The molecule has 0 bridgehead atoms. The van der Waals surface area contributed by atoms with Crippen molar-refractivity contribution in [3.63, 3.8) is 0 Å². The lowest BCUT2D eigenvalue weighted by molar-refractivity contribution is 0.494. The maximum absolute atomic E-state index is 6.03. The summed E-state index contributed by atoms with van der Waals surface area (Å²) in [7, 11) is 0. The molecule has 18 heavy (non-hydrogen) atoms. The van der Waals surface area contributed by atoms with Gasteiger partial charge in [0, 0.05) is 10.6 Å². The minimum Gasteiger partial charge on any atom is -0.466 e. The molecule has 1 heterocycles. The number of nitrogens with two attached hydrogens (primary N) is 1. The largest absolute Gasteiger partial charge is 0.466 e. The lowest BCUT2D eigenvalue weighted by atomic mass is 9.96. The van der Waals surface area contributed by atoms with E-state index in [4.69, 9.17) is 21.9 Å². The number of hydrazine groups is 1. The Morgan fingerprint density at radius 2 is 1.94 bits per heavy atom. The van der Waals surface area contributed by atoms with E-state index in [2.05, 4.69) is 5.43 Å². The molecule has 1 atom stereocenters. The highest BCUT2D eigenvalue weighted by Crippen LogP contribution is 2.31. The average Bonchev–Trinajstić information content (AvgIpc) is 2.57. The van der Waals surface area contributed by atoms with Crippen LogP contribution in [0, 0.1) is 20.8 Å². The molecule has 3 nitrogen and oxygen atoms in total. The second-order valence-corrected chi connectivity index (χ2v) is 4.84. The zero-order chi connectivity index (χ0) is 13.3. The van der Waals surface area contributed by atoms with Crippen molar-refractivity contribution in [1.82, 2.24) is 5.43 Å². The maximum Gasteiger partial charge on any atom is 0.106 e. The molecular formula is C14H17ClN2O. The molecule has 0 spiro atoms. The van der Waals surface area contributed by atoms with E-state index in [1.54, 1.807) is 0 Å². The molecular weight excluding hydrogens is 248 g/mol. The van der Waals surface area contributed by atoms with Gasteiger partial charge in [-0.2, -0.15) is 0 Å². The summed E-state index contributed by atoms with van der Waals surface area (Å²) >= 11 is 6.03. The Hall–Kier alpha value is -1.29. The van der Waals surface area contributed by atoms with Gasteiger partial charge in [-0.25, -0.2) is 5.43 Å². The van der Waals surface area contributed by atoms with Crippen LogP contribution in [0.5, 0.6) is 0 Å². The summed E-state index contributed by atoms with van der Waals surface area (Å²) in [6.45, 7) is 5.94. The summed E-state index contributed by atoms with van der Waals surface area (Å²) in [5.41, 5.74) is 6.06. The first-order valence-electron chi connectivity index (χ1n) is 5.82. The van der Waals surface area contributed by atoms with Crippen LogP contribution in [0.15, 0.2) is 28.7 Å². The van der Waals surface area contributed by atoms with Crippen molar-refractivity contribution < 1.29 is 4.42 Å². The molecule has 4 heteroatoms. The summed E-state index contributed by atoms with van der Waals surface area (Å²) < 4.78 is 5.65. The fraction of sp³-hybridized carbons (Fsp3) is 0.286. The summed E-state index contributed by atoms with van der Waals surface area (Å²) in [5, 5.41) is 0.697. The van der Waals surface area contributed by atoms with E-state index in [1.165, 1.54) is 0 Å². The molecule has 2 rings (SSSR count). The van der Waals surface area contributed by atoms with Gasteiger partial charge in [0.2, 0.25) is 0 Å². The average molecular weight is 265 g/mol. The second-order valence-electron chi connectivity index (χ2n) is 4.41. The Morgan fingerprint density at radius 1 is 1.22 bits per heavy atom. The van der Waals surface area contributed by atoms with Crippen LogP contribution in [0.1, 0.15) is 34.3 Å². The summed E-state index contributed by atoms with van der Waals surface area (Å²) in [5.74, 6) is 7.50. The number of aryl methyl sites for hydroxylation is 2. The van der Waals surface area contributed by atoms with Crippen LogP contribution < -0.4 is 11.3 Å². The molecule has 96 valence electrons. The standard InChI is InChI=1S/C14H17ClN2O/c1-8-9(2)18-10(3)13(8)14(17-16)11-5-4-6-12(15)7-11/h4-7,14,17H,16H2,1-3H3. The third-order valence-corrected chi connectivity index (χ3v) is 3.49. The third-order valence-electron chi connectivity index (χ3n) is 3.25. The molecule has 0 amide bonds. The van der Waals surface area contributed by atoms with Crippen molar-refractivity contribution in [1.29, 1.82) is 0 Å². The van der Waals surface area contributed by atoms with Gasteiger partial charge in [-0.1, -0.05) is 23.7 Å². The van der Waals surface area contributed by atoms with Crippen molar-refractivity contribution in [3.05, 3.63) is 57.5 Å². The van der Waals surface area contributed by atoms with Gasteiger partial charge in [-0.05, 0) is 44.0 Å². The minimum absolute atomic E-state index is 0.110. The number of nitrogens with one attached hydrogen (secondary N) is 1. The van der Waals surface area contributed by atoms with Gasteiger partial charge in [0.25, 0.3) is 0 Å². The van der Waals surface area contributed by atoms with E-state index >= 15 is 0 Å². The van der Waals surface area contributed by atoms with E-state index < -0.39 is 0 Å². The number of benzene rings is 1. The summed E-state index contributed by atoms with van der Waals surface area (Å²) in [6, 6.07) is 7.56. The quantitative estimate of drug-likeness (QED) is 0.660. The smallest absolute Gasteiger partial charge is 0.106 e. The van der Waals surface area contributed by atoms with Crippen LogP contribution in [-0.2, 0) is 0 Å². The number of furan rings is 1. The van der Waals surface area contributed by atoms with Crippen LogP contribution >= 0.6 is 11.6 Å². The van der Waals surface area contributed by atoms with Crippen molar-refractivity contribution in [3.8, 4) is 0 Å². The van der Waals surface area contributed by atoms with E-state index in [1.807, 2.05) is 45.0 Å². The number of hydrogen-bond acceptors (Lipinski definition) is 3. The molecule has 3 N–H and O–H groups in total. The molecule has 2 aromatic rings. The number of halogens is 1. The Morgan fingerprint density at radius 3 is 2.44 bits per heavy atom. The number of rotatable bonds is 3. The first-order valence-corrected chi connectivity index (χ1v) is 6.20.